The highest BCUT2D eigenvalue weighted by molar-refractivity contribution is 7.13. The summed E-state index contributed by atoms with van der Waals surface area (Å²) in [6, 6.07) is 11.0. The molecule has 0 bridgehead atoms. The molecule has 5 heteroatoms. The number of amides is 1. The molecule has 20 heavy (non-hydrogen) atoms. The molecular formula is C15H12N2O2S. The third-order valence-electron chi connectivity index (χ3n) is 2.83. The predicted octanol–water partition coefficient (Wildman–Crippen LogP) is 3.33. The zero-order valence-corrected chi connectivity index (χ0v) is 11.4. The molecule has 100 valence electrons. The van der Waals surface area contributed by atoms with Crippen LogP contribution in [0.2, 0.25) is 0 Å². The van der Waals surface area contributed by atoms with Crippen molar-refractivity contribution in [2.24, 2.45) is 0 Å². The van der Waals surface area contributed by atoms with E-state index in [0.29, 0.717) is 12.1 Å². The minimum absolute atomic E-state index is 0.118. The van der Waals surface area contributed by atoms with Crippen LogP contribution in [0.4, 0.5) is 0 Å². The van der Waals surface area contributed by atoms with E-state index < -0.39 is 0 Å². The Labute approximate surface area is 120 Å². The highest BCUT2D eigenvalue weighted by Crippen LogP contribution is 2.21. The summed E-state index contributed by atoms with van der Waals surface area (Å²) in [5, 5.41) is 5.69. The zero-order chi connectivity index (χ0) is 13.8. The second kappa shape index (κ2) is 5.71. The normalized spacial score (nSPS) is 10.4. The number of hydrogen-bond acceptors (Lipinski definition) is 4. The summed E-state index contributed by atoms with van der Waals surface area (Å²) in [7, 11) is 0. The summed E-state index contributed by atoms with van der Waals surface area (Å²) in [5.74, 6) is 0.616. The van der Waals surface area contributed by atoms with Gasteiger partial charge in [0.25, 0.3) is 5.91 Å². The number of aromatic nitrogens is 1. The molecule has 0 aliphatic heterocycles. The molecule has 0 spiro atoms. The van der Waals surface area contributed by atoms with Gasteiger partial charge in [-0.15, -0.1) is 11.3 Å². The standard InChI is InChI=1S/C15H12N2O2S/c18-14(17-10-13-2-1-8-19-13)11-3-5-12(6-4-11)15-16-7-9-20-15/h1-9H,10H2,(H,17,18). The largest absolute Gasteiger partial charge is 0.467 e. The molecule has 3 aromatic rings. The molecule has 1 amide bonds. The first kappa shape index (κ1) is 12.6. The summed E-state index contributed by atoms with van der Waals surface area (Å²) in [5.41, 5.74) is 1.64. The first-order valence-electron chi connectivity index (χ1n) is 6.13. The van der Waals surface area contributed by atoms with Gasteiger partial charge in [0.05, 0.1) is 12.8 Å². The fourth-order valence-electron chi connectivity index (χ4n) is 1.81. The monoisotopic (exact) mass is 284 g/mol. The van der Waals surface area contributed by atoms with Gasteiger partial charge in [0.2, 0.25) is 0 Å². The Hall–Kier alpha value is -2.40. The van der Waals surface area contributed by atoms with Crippen molar-refractivity contribution in [2.45, 2.75) is 6.54 Å². The van der Waals surface area contributed by atoms with Crippen LogP contribution < -0.4 is 5.32 Å². The molecule has 3 rings (SSSR count). The topological polar surface area (TPSA) is 55.1 Å². The van der Waals surface area contributed by atoms with E-state index in [-0.39, 0.29) is 5.91 Å². The molecule has 0 unspecified atom stereocenters. The highest BCUT2D eigenvalue weighted by Gasteiger charge is 2.07. The molecule has 1 aromatic carbocycles. The molecule has 4 nitrogen and oxygen atoms in total. The lowest BCUT2D eigenvalue weighted by atomic mass is 10.1. The third-order valence-corrected chi connectivity index (χ3v) is 3.65. The van der Waals surface area contributed by atoms with E-state index in [1.165, 1.54) is 0 Å². The van der Waals surface area contributed by atoms with Crippen LogP contribution in [-0.4, -0.2) is 10.9 Å². The molecule has 0 atom stereocenters. The van der Waals surface area contributed by atoms with Crippen LogP contribution in [0.3, 0.4) is 0 Å². The van der Waals surface area contributed by atoms with Gasteiger partial charge in [-0.1, -0.05) is 12.1 Å². The van der Waals surface area contributed by atoms with Crippen molar-refractivity contribution in [2.75, 3.05) is 0 Å². The van der Waals surface area contributed by atoms with Gasteiger partial charge in [0, 0.05) is 22.7 Å². The molecule has 0 aliphatic rings. The SMILES string of the molecule is O=C(NCc1ccco1)c1ccc(-c2nccs2)cc1. The Balaban J connectivity index is 1.66. The molecule has 0 saturated heterocycles. The molecular weight excluding hydrogens is 272 g/mol. The Morgan fingerprint density at radius 1 is 1.25 bits per heavy atom. The Morgan fingerprint density at radius 3 is 2.75 bits per heavy atom. The van der Waals surface area contributed by atoms with Crippen molar-refractivity contribution < 1.29 is 9.21 Å². The first-order valence-corrected chi connectivity index (χ1v) is 7.01. The van der Waals surface area contributed by atoms with Gasteiger partial charge in [0.1, 0.15) is 10.8 Å². The first-order chi connectivity index (χ1) is 9.83. The molecule has 0 fully saturated rings. The van der Waals surface area contributed by atoms with Crippen molar-refractivity contribution in [1.29, 1.82) is 0 Å². The minimum Gasteiger partial charge on any atom is -0.467 e. The summed E-state index contributed by atoms with van der Waals surface area (Å²) < 4.78 is 5.17. The number of rotatable bonds is 4. The van der Waals surface area contributed by atoms with Gasteiger partial charge in [0.15, 0.2) is 0 Å². The number of nitrogens with zero attached hydrogens (tertiary/aromatic N) is 1. The lowest BCUT2D eigenvalue weighted by molar-refractivity contribution is 0.0948. The lowest BCUT2D eigenvalue weighted by Crippen LogP contribution is -2.22. The van der Waals surface area contributed by atoms with Crippen molar-refractivity contribution in [3.63, 3.8) is 0 Å². The van der Waals surface area contributed by atoms with E-state index in [9.17, 15) is 4.79 Å². The van der Waals surface area contributed by atoms with Crippen molar-refractivity contribution >= 4 is 17.2 Å². The maximum atomic E-state index is 12.0. The van der Waals surface area contributed by atoms with Gasteiger partial charge in [-0.25, -0.2) is 4.98 Å². The number of carbonyl (C=O) groups is 1. The van der Waals surface area contributed by atoms with Crippen LogP contribution in [-0.2, 0) is 6.54 Å². The van der Waals surface area contributed by atoms with Gasteiger partial charge in [-0.3, -0.25) is 4.79 Å². The fourth-order valence-corrected chi connectivity index (χ4v) is 2.46. The number of nitrogens with one attached hydrogen (secondary N) is 1. The number of hydrogen-bond donors (Lipinski definition) is 1. The van der Waals surface area contributed by atoms with Gasteiger partial charge in [-0.05, 0) is 24.3 Å². The molecule has 0 saturated carbocycles. The van der Waals surface area contributed by atoms with Crippen LogP contribution in [0, 0.1) is 0 Å². The zero-order valence-electron chi connectivity index (χ0n) is 10.6. The van der Waals surface area contributed by atoms with Crippen molar-refractivity contribution in [3.05, 3.63) is 65.6 Å². The van der Waals surface area contributed by atoms with E-state index >= 15 is 0 Å². The lowest BCUT2D eigenvalue weighted by Gasteiger charge is -2.04. The number of furan rings is 1. The Bertz CT molecular complexity index is 673. The quantitative estimate of drug-likeness (QED) is 0.799. The summed E-state index contributed by atoms with van der Waals surface area (Å²) in [6.45, 7) is 0.389. The second-order valence-electron chi connectivity index (χ2n) is 4.18. The van der Waals surface area contributed by atoms with E-state index in [1.54, 1.807) is 42.0 Å². The number of benzene rings is 1. The second-order valence-corrected chi connectivity index (χ2v) is 5.07. The Morgan fingerprint density at radius 2 is 2.10 bits per heavy atom. The van der Waals surface area contributed by atoms with Gasteiger partial charge < -0.3 is 9.73 Å². The van der Waals surface area contributed by atoms with E-state index in [2.05, 4.69) is 10.3 Å². The third kappa shape index (κ3) is 2.78. The van der Waals surface area contributed by atoms with Crippen molar-refractivity contribution in [3.8, 4) is 10.6 Å². The minimum atomic E-state index is -0.118. The van der Waals surface area contributed by atoms with Crippen LogP contribution in [0.5, 0.6) is 0 Å². The average Bonchev–Trinajstić information content (AvgIpc) is 3.18. The molecule has 2 heterocycles. The summed E-state index contributed by atoms with van der Waals surface area (Å²) in [6.07, 6.45) is 3.36. The molecule has 0 aliphatic carbocycles. The Kier molecular flexibility index (Phi) is 3.60. The summed E-state index contributed by atoms with van der Waals surface area (Å²) in [4.78, 5) is 16.2. The molecule has 2 aromatic heterocycles. The van der Waals surface area contributed by atoms with Crippen molar-refractivity contribution in [1.82, 2.24) is 10.3 Å². The van der Waals surface area contributed by atoms with E-state index in [1.807, 2.05) is 23.6 Å². The van der Waals surface area contributed by atoms with E-state index in [4.69, 9.17) is 4.42 Å². The maximum absolute atomic E-state index is 12.0. The fraction of sp³-hybridized carbons (Fsp3) is 0.0667. The van der Waals surface area contributed by atoms with Crippen LogP contribution in [0.15, 0.2) is 58.7 Å². The molecule has 0 radical (unpaired) electrons. The predicted molar refractivity (Wildman–Crippen MR) is 77.4 cm³/mol. The average molecular weight is 284 g/mol. The number of thiazole rings is 1. The highest BCUT2D eigenvalue weighted by atomic mass is 32.1. The van der Waals surface area contributed by atoms with E-state index in [0.717, 1.165) is 16.3 Å². The van der Waals surface area contributed by atoms with Crippen LogP contribution >= 0.6 is 11.3 Å². The van der Waals surface area contributed by atoms with Gasteiger partial charge in [-0.2, -0.15) is 0 Å². The maximum Gasteiger partial charge on any atom is 0.251 e. The smallest absolute Gasteiger partial charge is 0.251 e. The number of carbonyl (C=O) groups excluding carboxylic acids is 1. The summed E-state index contributed by atoms with van der Waals surface area (Å²) >= 11 is 1.57. The van der Waals surface area contributed by atoms with Gasteiger partial charge >= 0.3 is 0 Å². The van der Waals surface area contributed by atoms with Crippen LogP contribution in [0.1, 0.15) is 16.1 Å². The van der Waals surface area contributed by atoms with Crippen LogP contribution in [0.25, 0.3) is 10.6 Å². The molecule has 1 N–H and O–H groups in total.